The average molecular weight is 438 g/mol. The average Bonchev–Trinajstić information content (AvgIpc) is 3.05. The molecule has 1 N–H and O–H groups in total. The van der Waals surface area contributed by atoms with Crippen LogP contribution < -0.4 is 5.32 Å². The first kappa shape index (κ1) is 22.7. The first-order valence-electron chi connectivity index (χ1n) is 9.94. The number of fused-ring (bicyclic) bond motifs is 1. The fourth-order valence-electron chi connectivity index (χ4n) is 3.33. The minimum absolute atomic E-state index is 0.0481. The van der Waals surface area contributed by atoms with E-state index in [2.05, 4.69) is 14.8 Å². The van der Waals surface area contributed by atoms with Gasteiger partial charge in [-0.2, -0.15) is 0 Å². The van der Waals surface area contributed by atoms with E-state index < -0.39 is 23.8 Å². The Kier molecular flexibility index (Phi) is 6.67. The zero-order valence-corrected chi connectivity index (χ0v) is 17.9. The van der Waals surface area contributed by atoms with Gasteiger partial charge in [-0.3, -0.25) is 19.3 Å². The monoisotopic (exact) mass is 438 g/mol. The summed E-state index contributed by atoms with van der Waals surface area (Å²) in [6.07, 6.45) is 1.52. The van der Waals surface area contributed by atoms with E-state index in [-0.39, 0.29) is 39.4 Å². The number of benzene rings is 2. The van der Waals surface area contributed by atoms with Crippen LogP contribution in [0.15, 0.2) is 36.4 Å². The SMILES string of the molecule is CCCCN1C(=O)c2ccc(C(=O)Nc3cc(C(=O)OC)cc(C(=O)OC)c3)cc2C1=O. The van der Waals surface area contributed by atoms with Crippen LogP contribution in [-0.4, -0.2) is 55.3 Å². The summed E-state index contributed by atoms with van der Waals surface area (Å²) >= 11 is 0. The summed E-state index contributed by atoms with van der Waals surface area (Å²) in [5.41, 5.74) is 0.815. The summed E-state index contributed by atoms with van der Waals surface area (Å²) in [6, 6.07) is 8.24. The van der Waals surface area contributed by atoms with E-state index in [0.29, 0.717) is 13.0 Å². The van der Waals surface area contributed by atoms with Crippen LogP contribution >= 0.6 is 0 Å². The Morgan fingerprint density at radius 2 is 1.44 bits per heavy atom. The predicted octanol–water partition coefficient (Wildman–Crippen LogP) is 2.91. The highest BCUT2D eigenvalue weighted by atomic mass is 16.5. The number of methoxy groups -OCH3 is 2. The Balaban J connectivity index is 1.88. The van der Waals surface area contributed by atoms with Crippen molar-refractivity contribution in [3.8, 4) is 0 Å². The van der Waals surface area contributed by atoms with Crippen molar-refractivity contribution < 1.29 is 33.4 Å². The van der Waals surface area contributed by atoms with Crippen LogP contribution in [0, 0.1) is 0 Å². The minimum Gasteiger partial charge on any atom is -0.465 e. The molecule has 0 saturated carbocycles. The third-order valence-electron chi connectivity index (χ3n) is 5.00. The van der Waals surface area contributed by atoms with Crippen LogP contribution in [0.2, 0.25) is 0 Å². The van der Waals surface area contributed by atoms with Gasteiger partial charge in [0, 0.05) is 17.8 Å². The molecule has 0 atom stereocenters. The highest BCUT2D eigenvalue weighted by molar-refractivity contribution is 6.22. The molecule has 3 rings (SSSR count). The van der Waals surface area contributed by atoms with E-state index in [1.54, 1.807) is 0 Å². The number of ether oxygens (including phenoxy) is 2. The van der Waals surface area contributed by atoms with E-state index >= 15 is 0 Å². The first-order valence-corrected chi connectivity index (χ1v) is 9.94. The van der Waals surface area contributed by atoms with Gasteiger partial charge in [-0.15, -0.1) is 0 Å². The number of esters is 2. The van der Waals surface area contributed by atoms with E-state index in [0.717, 1.165) is 6.42 Å². The molecule has 3 amide bonds. The van der Waals surface area contributed by atoms with Crippen molar-refractivity contribution in [1.29, 1.82) is 0 Å². The smallest absolute Gasteiger partial charge is 0.337 e. The maximum Gasteiger partial charge on any atom is 0.337 e. The van der Waals surface area contributed by atoms with Crippen molar-refractivity contribution >= 4 is 35.3 Å². The maximum atomic E-state index is 12.8. The lowest BCUT2D eigenvalue weighted by Crippen LogP contribution is -2.30. The predicted molar refractivity (Wildman–Crippen MR) is 114 cm³/mol. The lowest BCUT2D eigenvalue weighted by Gasteiger charge is -2.12. The number of anilines is 1. The lowest BCUT2D eigenvalue weighted by atomic mass is 10.0. The molecule has 1 aliphatic heterocycles. The van der Waals surface area contributed by atoms with Crippen molar-refractivity contribution in [2.75, 3.05) is 26.1 Å². The van der Waals surface area contributed by atoms with Gasteiger partial charge in [-0.25, -0.2) is 9.59 Å². The summed E-state index contributed by atoms with van der Waals surface area (Å²) in [5.74, 6) is -2.79. The number of rotatable bonds is 7. The number of amides is 3. The van der Waals surface area contributed by atoms with Crippen LogP contribution in [0.5, 0.6) is 0 Å². The van der Waals surface area contributed by atoms with Crippen molar-refractivity contribution in [2.24, 2.45) is 0 Å². The number of hydrogen-bond acceptors (Lipinski definition) is 7. The molecule has 0 aliphatic carbocycles. The molecule has 0 saturated heterocycles. The van der Waals surface area contributed by atoms with Gasteiger partial charge in [-0.05, 0) is 42.8 Å². The number of hydrogen-bond donors (Lipinski definition) is 1. The molecule has 166 valence electrons. The van der Waals surface area contributed by atoms with Gasteiger partial charge in [0.15, 0.2) is 0 Å². The molecule has 0 bridgehead atoms. The number of carbonyl (C=O) groups excluding carboxylic acids is 5. The molecule has 2 aromatic carbocycles. The molecule has 1 heterocycles. The second-order valence-corrected chi connectivity index (χ2v) is 7.11. The van der Waals surface area contributed by atoms with Gasteiger partial charge in [-0.1, -0.05) is 13.3 Å². The second kappa shape index (κ2) is 9.42. The van der Waals surface area contributed by atoms with Crippen molar-refractivity contribution in [3.63, 3.8) is 0 Å². The summed E-state index contributed by atoms with van der Waals surface area (Å²) < 4.78 is 9.36. The third-order valence-corrected chi connectivity index (χ3v) is 5.00. The van der Waals surface area contributed by atoms with Crippen LogP contribution in [0.3, 0.4) is 0 Å². The Morgan fingerprint density at radius 3 is 2.00 bits per heavy atom. The number of imide groups is 1. The topological polar surface area (TPSA) is 119 Å². The Bertz CT molecular complexity index is 1090. The quantitative estimate of drug-likeness (QED) is 0.521. The molecule has 0 unspecified atom stereocenters. The third kappa shape index (κ3) is 4.36. The molecule has 0 aromatic heterocycles. The molecule has 9 heteroatoms. The van der Waals surface area contributed by atoms with E-state index in [1.165, 1.54) is 55.5 Å². The molecule has 1 aliphatic rings. The molecule has 32 heavy (non-hydrogen) atoms. The summed E-state index contributed by atoms with van der Waals surface area (Å²) in [7, 11) is 2.39. The molecule has 0 fully saturated rings. The summed E-state index contributed by atoms with van der Waals surface area (Å²) in [5, 5.41) is 2.60. The molecule has 0 radical (unpaired) electrons. The highest BCUT2D eigenvalue weighted by Gasteiger charge is 2.35. The van der Waals surface area contributed by atoms with Gasteiger partial charge >= 0.3 is 11.9 Å². The molecular formula is C23H22N2O7. The van der Waals surface area contributed by atoms with Crippen LogP contribution in [-0.2, 0) is 9.47 Å². The maximum absolute atomic E-state index is 12.8. The van der Waals surface area contributed by atoms with Gasteiger partial charge in [0.2, 0.25) is 0 Å². The number of carbonyl (C=O) groups is 5. The van der Waals surface area contributed by atoms with Crippen molar-refractivity contribution in [3.05, 3.63) is 64.2 Å². The van der Waals surface area contributed by atoms with Crippen LogP contribution in [0.4, 0.5) is 5.69 Å². The Hall–Kier alpha value is -4.01. The molecule has 9 nitrogen and oxygen atoms in total. The fourth-order valence-corrected chi connectivity index (χ4v) is 3.33. The molecule has 0 spiro atoms. The lowest BCUT2D eigenvalue weighted by molar-refractivity contribution is 0.0594. The number of nitrogens with zero attached hydrogens (tertiary/aromatic N) is 1. The Labute approximate surface area is 184 Å². The van der Waals surface area contributed by atoms with Crippen LogP contribution in [0.1, 0.15) is 71.6 Å². The number of nitrogens with one attached hydrogen (secondary N) is 1. The van der Waals surface area contributed by atoms with Gasteiger partial charge in [0.05, 0.1) is 36.5 Å². The zero-order valence-electron chi connectivity index (χ0n) is 17.9. The van der Waals surface area contributed by atoms with Crippen molar-refractivity contribution in [2.45, 2.75) is 19.8 Å². The minimum atomic E-state index is -0.694. The van der Waals surface area contributed by atoms with Gasteiger partial charge < -0.3 is 14.8 Å². The van der Waals surface area contributed by atoms with E-state index in [4.69, 9.17) is 0 Å². The van der Waals surface area contributed by atoms with Crippen LogP contribution in [0.25, 0.3) is 0 Å². The fraction of sp³-hybridized carbons (Fsp3) is 0.261. The molecule has 2 aromatic rings. The number of unbranched alkanes of at least 4 members (excludes halogenated alkanes) is 1. The van der Waals surface area contributed by atoms with E-state index in [9.17, 15) is 24.0 Å². The van der Waals surface area contributed by atoms with Gasteiger partial charge in [0.25, 0.3) is 17.7 Å². The summed E-state index contributed by atoms with van der Waals surface area (Å²) in [6.45, 7) is 2.28. The Morgan fingerprint density at radius 1 is 0.844 bits per heavy atom. The standard InChI is InChI=1S/C23H22N2O7/c1-4-5-8-25-20(27)17-7-6-13(12-18(17)21(25)28)19(26)24-16-10-14(22(29)31-2)9-15(11-16)23(30)32-3/h6-7,9-12H,4-5,8H2,1-3H3,(H,24,26). The normalized spacial score (nSPS) is 12.4. The van der Waals surface area contributed by atoms with E-state index in [1.807, 2.05) is 6.92 Å². The summed E-state index contributed by atoms with van der Waals surface area (Å²) in [4.78, 5) is 62.9. The second-order valence-electron chi connectivity index (χ2n) is 7.11. The molecular weight excluding hydrogens is 416 g/mol. The first-order chi connectivity index (χ1) is 15.3. The largest absolute Gasteiger partial charge is 0.465 e. The highest BCUT2D eigenvalue weighted by Crippen LogP contribution is 2.25. The zero-order chi connectivity index (χ0) is 23.4. The van der Waals surface area contributed by atoms with Gasteiger partial charge in [0.1, 0.15) is 0 Å². The van der Waals surface area contributed by atoms with Crippen molar-refractivity contribution in [1.82, 2.24) is 4.90 Å².